The summed E-state index contributed by atoms with van der Waals surface area (Å²) in [6.45, 7) is 8.77. The van der Waals surface area contributed by atoms with Gasteiger partial charge in [0, 0.05) is 42.1 Å². The molecular formula is C28H35N7O2S. The van der Waals surface area contributed by atoms with Gasteiger partial charge in [0.05, 0.1) is 16.6 Å². The predicted octanol–water partition coefficient (Wildman–Crippen LogP) is 4.66. The minimum atomic E-state index is -3.60. The van der Waals surface area contributed by atoms with E-state index in [4.69, 9.17) is 0 Å². The Bertz CT molecular complexity index is 1490. The molecule has 1 aliphatic rings. The van der Waals surface area contributed by atoms with E-state index in [2.05, 4.69) is 43.9 Å². The average Bonchev–Trinajstić information content (AvgIpc) is 3.59. The van der Waals surface area contributed by atoms with Crippen molar-refractivity contribution in [1.29, 1.82) is 0 Å². The zero-order valence-electron chi connectivity index (χ0n) is 22.0. The van der Waals surface area contributed by atoms with Gasteiger partial charge in [-0.05, 0) is 74.6 Å². The molecule has 0 atom stereocenters. The number of anilines is 2. The van der Waals surface area contributed by atoms with Crippen LogP contribution in [0.5, 0.6) is 0 Å². The van der Waals surface area contributed by atoms with E-state index >= 15 is 0 Å². The molecule has 1 saturated heterocycles. The van der Waals surface area contributed by atoms with Crippen molar-refractivity contribution in [2.75, 3.05) is 31.5 Å². The molecule has 38 heavy (non-hydrogen) atoms. The maximum Gasteiger partial charge on any atom is 0.240 e. The van der Waals surface area contributed by atoms with E-state index in [1.807, 2.05) is 35.3 Å². The van der Waals surface area contributed by atoms with Gasteiger partial charge in [-0.1, -0.05) is 32.0 Å². The normalized spacial score (nSPS) is 14.5. The highest BCUT2D eigenvalue weighted by Gasteiger charge is 2.16. The smallest absolute Gasteiger partial charge is 0.240 e. The van der Waals surface area contributed by atoms with Gasteiger partial charge in [0.25, 0.3) is 0 Å². The molecule has 4 aromatic rings. The Morgan fingerprint density at radius 3 is 2.68 bits per heavy atom. The van der Waals surface area contributed by atoms with Gasteiger partial charge >= 0.3 is 0 Å². The molecule has 2 aromatic carbocycles. The quantitative estimate of drug-likeness (QED) is 0.270. The Kier molecular flexibility index (Phi) is 8.01. The van der Waals surface area contributed by atoms with E-state index < -0.39 is 10.0 Å². The third-order valence-corrected chi connectivity index (χ3v) is 8.10. The molecule has 0 saturated carbocycles. The molecule has 0 spiro atoms. The summed E-state index contributed by atoms with van der Waals surface area (Å²) in [5.74, 6) is 0.919. The second kappa shape index (κ2) is 11.6. The fourth-order valence-electron chi connectivity index (χ4n) is 4.72. The average molecular weight is 534 g/mol. The number of nitrogens with one attached hydrogen (secondary N) is 2. The molecule has 0 unspecified atom stereocenters. The first-order valence-corrected chi connectivity index (χ1v) is 14.7. The number of likely N-dealkylation sites (tertiary alicyclic amines) is 1. The first-order chi connectivity index (χ1) is 18.4. The van der Waals surface area contributed by atoms with E-state index in [0.717, 1.165) is 54.6 Å². The van der Waals surface area contributed by atoms with Gasteiger partial charge in [0.15, 0.2) is 0 Å². The zero-order chi connectivity index (χ0) is 26.5. The molecule has 1 fully saturated rings. The predicted molar refractivity (Wildman–Crippen MR) is 151 cm³/mol. The highest BCUT2D eigenvalue weighted by Crippen LogP contribution is 2.25. The van der Waals surface area contributed by atoms with E-state index in [0.29, 0.717) is 24.1 Å². The van der Waals surface area contributed by atoms with Crippen LogP contribution in [0.4, 0.5) is 11.6 Å². The van der Waals surface area contributed by atoms with Gasteiger partial charge in [-0.15, -0.1) is 0 Å². The summed E-state index contributed by atoms with van der Waals surface area (Å²) in [6, 6.07) is 12.8. The van der Waals surface area contributed by atoms with E-state index in [1.165, 1.54) is 12.8 Å². The van der Waals surface area contributed by atoms with E-state index in [1.54, 1.807) is 30.5 Å². The number of fused-ring (bicyclic) bond motifs is 1. The fraction of sp³-hybridized carbons (Fsp3) is 0.393. The fourth-order valence-corrected chi connectivity index (χ4v) is 5.84. The Hall–Kier alpha value is -3.34. The summed E-state index contributed by atoms with van der Waals surface area (Å²) in [7, 11) is -3.60. The molecule has 0 amide bonds. The van der Waals surface area contributed by atoms with Gasteiger partial charge in [-0.25, -0.2) is 23.1 Å². The Morgan fingerprint density at radius 1 is 1.03 bits per heavy atom. The monoisotopic (exact) mass is 533 g/mol. The Labute approximate surface area is 224 Å². The van der Waals surface area contributed by atoms with Crippen molar-refractivity contribution in [2.24, 2.45) is 5.92 Å². The largest absolute Gasteiger partial charge is 0.324 e. The number of rotatable bonds is 11. The number of hydrogen-bond acceptors (Lipinski definition) is 7. The summed E-state index contributed by atoms with van der Waals surface area (Å²) in [6.07, 6.45) is 8.95. The maximum absolute atomic E-state index is 12.9. The summed E-state index contributed by atoms with van der Waals surface area (Å²) in [5.41, 5.74) is 3.46. The van der Waals surface area contributed by atoms with Crippen molar-refractivity contribution in [3.8, 4) is 11.1 Å². The topological polar surface area (TPSA) is 105 Å². The lowest BCUT2D eigenvalue weighted by Crippen LogP contribution is -2.28. The van der Waals surface area contributed by atoms with Crippen LogP contribution in [0.3, 0.4) is 0 Å². The van der Waals surface area contributed by atoms with E-state index in [9.17, 15) is 8.42 Å². The second-order valence-electron chi connectivity index (χ2n) is 10.3. The molecule has 0 aliphatic carbocycles. The van der Waals surface area contributed by atoms with Crippen molar-refractivity contribution in [2.45, 2.75) is 44.6 Å². The van der Waals surface area contributed by atoms with Crippen molar-refractivity contribution >= 4 is 32.6 Å². The van der Waals surface area contributed by atoms with E-state index in [-0.39, 0.29) is 4.90 Å². The molecule has 2 N–H and O–H groups in total. The number of sulfonamides is 1. The lowest BCUT2D eigenvalue weighted by atomic mass is 10.1. The summed E-state index contributed by atoms with van der Waals surface area (Å²) in [4.78, 5) is 11.7. The third kappa shape index (κ3) is 6.56. The molecule has 9 nitrogen and oxygen atoms in total. The van der Waals surface area contributed by atoms with Crippen molar-refractivity contribution in [3.05, 3.63) is 61.1 Å². The lowest BCUT2D eigenvalue weighted by Gasteiger charge is -2.14. The van der Waals surface area contributed by atoms with Crippen LogP contribution in [0, 0.1) is 5.92 Å². The summed E-state index contributed by atoms with van der Waals surface area (Å²) in [5, 5.41) is 8.55. The van der Waals surface area contributed by atoms with Crippen LogP contribution in [-0.4, -0.2) is 59.2 Å². The molecule has 0 radical (unpaired) electrons. The maximum atomic E-state index is 12.9. The number of aromatic nitrogens is 4. The molecular weight excluding hydrogens is 498 g/mol. The van der Waals surface area contributed by atoms with Crippen molar-refractivity contribution in [1.82, 2.24) is 29.4 Å². The van der Waals surface area contributed by atoms with Gasteiger partial charge in [-0.2, -0.15) is 5.10 Å². The number of hydrogen-bond donors (Lipinski definition) is 2. The molecule has 3 heterocycles. The molecule has 1 aliphatic heterocycles. The second-order valence-corrected chi connectivity index (χ2v) is 12.0. The highest BCUT2D eigenvalue weighted by atomic mass is 32.2. The summed E-state index contributed by atoms with van der Waals surface area (Å²) >= 11 is 0. The van der Waals surface area contributed by atoms with Gasteiger partial charge < -0.3 is 10.2 Å². The van der Waals surface area contributed by atoms with Gasteiger partial charge in [-0.3, -0.25) is 4.68 Å². The van der Waals surface area contributed by atoms with Crippen LogP contribution in [0.2, 0.25) is 0 Å². The van der Waals surface area contributed by atoms with Crippen molar-refractivity contribution < 1.29 is 8.42 Å². The minimum Gasteiger partial charge on any atom is -0.324 e. The third-order valence-electron chi connectivity index (χ3n) is 6.64. The summed E-state index contributed by atoms with van der Waals surface area (Å²) < 4.78 is 30.4. The molecule has 5 rings (SSSR count). The van der Waals surface area contributed by atoms with Crippen LogP contribution in [0.1, 0.15) is 33.1 Å². The SMILES string of the molecule is CC(C)Cn1cc(-c2ccc3cnc(Nc4cccc(S(=O)(=O)NCCCN5CCCC5)c4)nc3c2)cn1. The molecule has 2 aromatic heterocycles. The van der Waals surface area contributed by atoms with Crippen LogP contribution in [-0.2, 0) is 16.6 Å². The molecule has 10 heteroatoms. The highest BCUT2D eigenvalue weighted by molar-refractivity contribution is 7.89. The first kappa shape index (κ1) is 26.3. The zero-order valence-corrected chi connectivity index (χ0v) is 22.8. The Balaban J connectivity index is 1.27. The van der Waals surface area contributed by atoms with Crippen molar-refractivity contribution in [3.63, 3.8) is 0 Å². The van der Waals surface area contributed by atoms with Crippen LogP contribution >= 0.6 is 0 Å². The van der Waals surface area contributed by atoms with Crippen LogP contribution in [0.15, 0.2) is 66.0 Å². The number of nitrogens with zero attached hydrogens (tertiary/aromatic N) is 5. The van der Waals surface area contributed by atoms with Gasteiger partial charge in [0.1, 0.15) is 0 Å². The van der Waals surface area contributed by atoms with Crippen LogP contribution < -0.4 is 10.0 Å². The number of benzene rings is 2. The first-order valence-electron chi connectivity index (χ1n) is 13.2. The standard InChI is InChI=1S/C28H35N7O2S/c1-21(2)19-35-20-24(18-30-35)22-9-10-23-17-29-28(33-27(23)15-22)32-25-7-5-8-26(16-25)38(36,37)31-11-6-14-34-12-3-4-13-34/h5,7-10,15-18,20-21,31H,3-4,6,11-14,19H2,1-2H3,(H,29,32,33). The molecule has 0 bridgehead atoms. The van der Waals surface area contributed by atoms with Gasteiger partial charge in [0.2, 0.25) is 16.0 Å². The minimum absolute atomic E-state index is 0.213. The van der Waals surface area contributed by atoms with Crippen LogP contribution in [0.25, 0.3) is 22.0 Å². The molecule has 200 valence electrons. The Morgan fingerprint density at radius 2 is 1.87 bits per heavy atom. The lowest BCUT2D eigenvalue weighted by molar-refractivity contribution is 0.334.